The van der Waals surface area contributed by atoms with Crippen molar-refractivity contribution in [2.24, 2.45) is 0 Å². The zero-order valence-corrected chi connectivity index (χ0v) is 20.5. The molecule has 0 spiro atoms. The summed E-state index contributed by atoms with van der Waals surface area (Å²) in [7, 11) is 0. The summed E-state index contributed by atoms with van der Waals surface area (Å²) in [5.74, 6) is 1.23. The SMILES string of the molecule is Cc1cc(Oc2ccccc2)ccc1N1C(=O)NC2c3c1ccnc3SC2C(=O)N[C@H]1CCC[C@H]1O. The molecule has 3 aromatic rings. The maximum absolute atomic E-state index is 13.4. The highest BCUT2D eigenvalue weighted by atomic mass is 32.2. The number of benzene rings is 2. The van der Waals surface area contributed by atoms with E-state index in [1.807, 2.05) is 61.5 Å². The lowest BCUT2D eigenvalue weighted by Crippen LogP contribution is -2.51. The second-order valence-electron chi connectivity index (χ2n) is 9.33. The standard InChI is InChI=1S/C27H26N4O4S/c1-15-14-17(35-16-6-3-2-4-7-16)10-11-19(15)31-20-12-13-28-26-22(20)23(30-27(31)34)24(36-26)25(33)29-18-8-5-9-21(18)32/h2-4,6-7,10-14,18,21,23-24,32H,5,8-9H2,1H3,(H,29,33)(H,30,34)/t18-,21+,23?,24?/m0/s1. The highest BCUT2D eigenvalue weighted by Crippen LogP contribution is 2.51. The number of anilines is 2. The van der Waals surface area contributed by atoms with Gasteiger partial charge in [-0.25, -0.2) is 9.78 Å². The van der Waals surface area contributed by atoms with Gasteiger partial charge in [-0.3, -0.25) is 9.69 Å². The molecule has 0 bridgehead atoms. The molecule has 1 saturated carbocycles. The van der Waals surface area contributed by atoms with Crippen LogP contribution in [0.5, 0.6) is 11.5 Å². The van der Waals surface area contributed by atoms with Crippen molar-refractivity contribution in [2.45, 2.75) is 54.6 Å². The van der Waals surface area contributed by atoms with Crippen molar-refractivity contribution in [3.63, 3.8) is 0 Å². The van der Waals surface area contributed by atoms with Crippen LogP contribution in [-0.2, 0) is 4.79 Å². The quantitative estimate of drug-likeness (QED) is 0.472. The Morgan fingerprint density at radius 3 is 2.72 bits per heavy atom. The van der Waals surface area contributed by atoms with Crippen molar-refractivity contribution >= 4 is 35.1 Å². The summed E-state index contributed by atoms with van der Waals surface area (Å²) in [6, 6.07) is 15.9. The average Bonchev–Trinajstić information content (AvgIpc) is 3.45. The number of urea groups is 1. The van der Waals surface area contributed by atoms with Gasteiger partial charge in [-0.15, -0.1) is 0 Å². The van der Waals surface area contributed by atoms with Crippen molar-refractivity contribution in [1.82, 2.24) is 15.6 Å². The fourth-order valence-electron chi connectivity index (χ4n) is 5.20. The zero-order chi connectivity index (χ0) is 24.8. The lowest BCUT2D eigenvalue weighted by molar-refractivity contribution is -0.122. The number of aliphatic hydroxyl groups is 1. The number of carbonyl (C=O) groups is 2. The van der Waals surface area contributed by atoms with Crippen molar-refractivity contribution in [3.05, 3.63) is 71.9 Å². The van der Waals surface area contributed by atoms with Crippen LogP contribution in [0.4, 0.5) is 16.2 Å². The summed E-state index contributed by atoms with van der Waals surface area (Å²) in [5, 5.41) is 16.4. The Balaban J connectivity index is 1.28. The Labute approximate surface area is 213 Å². The van der Waals surface area contributed by atoms with E-state index in [0.717, 1.165) is 46.1 Å². The number of carbonyl (C=O) groups excluding carboxylic acids is 2. The Hall–Kier alpha value is -3.56. The third-order valence-corrected chi connectivity index (χ3v) is 8.25. The number of nitrogens with one attached hydrogen (secondary N) is 2. The first-order valence-electron chi connectivity index (χ1n) is 12.1. The van der Waals surface area contributed by atoms with Crippen LogP contribution in [-0.4, -0.2) is 39.4 Å². The summed E-state index contributed by atoms with van der Waals surface area (Å²) in [5.41, 5.74) is 3.17. The molecule has 1 fully saturated rings. The van der Waals surface area contributed by atoms with Crippen LogP contribution in [0.3, 0.4) is 0 Å². The second kappa shape index (κ2) is 9.15. The van der Waals surface area contributed by atoms with Crippen LogP contribution in [0.2, 0.25) is 0 Å². The Morgan fingerprint density at radius 1 is 1.14 bits per heavy atom. The van der Waals surface area contributed by atoms with E-state index in [1.54, 1.807) is 11.1 Å². The molecular weight excluding hydrogens is 476 g/mol. The van der Waals surface area contributed by atoms with Crippen molar-refractivity contribution in [2.75, 3.05) is 4.90 Å². The summed E-state index contributed by atoms with van der Waals surface area (Å²) < 4.78 is 5.95. The van der Waals surface area contributed by atoms with E-state index < -0.39 is 17.4 Å². The first-order chi connectivity index (χ1) is 17.5. The van der Waals surface area contributed by atoms with Crippen molar-refractivity contribution in [3.8, 4) is 11.5 Å². The molecule has 3 heterocycles. The molecule has 3 N–H and O–H groups in total. The number of aromatic nitrogens is 1. The molecule has 3 amide bonds. The molecule has 3 aliphatic rings. The van der Waals surface area contributed by atoms with Gasteiger partial charge in [0.05, 0.1) is 29.6 Å². The first kappa shape index (κ1) is 22.9. The molecule has 4 atom stereocenters. The first-order valence-corrected chi connectivity index (χ1v) is 13.0. The van der Waals surface area contributed by atoms with E-state index in [-0.39, 0.29) is 18.0 Å². The molecule has 6 rings (SSSR count). The largest absolute Gasteiger partial charge is 0.457 e. The number of aliphatic hydroxyl groups excluding tert-OH is 1. The summed E-state index contributed by atoms with van der Waals surface area (Å²) in [6.45, 7) is 1.94. The smallest absolute Gasteiger partial charge is 0.327 e. The minimum Gasteiger partial charge on any atom is -0.457 e. The molecular formula is C27H26N4O4S. The average molecular weight is 503 g/mol. The van der Waals surface area contributed by atoms with Gasteiger partial charge in [0.25, 0.3) is 0 Å². The lowest BCUT2D eigenvalue weighted by atomic mass is 9.99. The number of para-hydroxylation sites is 1. The zero-order valence-electron chi connectivity index (χ0n) is 19.7. The molecule has 2 aromatic carbocycles. The Kier molecular flexibility index (Phi) is 5.81. The van der Waals surface area contributed by atoms with E-state index in [0.29, 0.717) is 12.2 Å². The van der Waals surface area contributed by atoms with Crippen LogP contribution in [0.15, 0.2) is 65.8 Å². The predicted molar refractivity (Wildman–Crippen MR) is 137 cm³/mol. The number of ether oxygens (including phenoxy) is 1. The fourth-order valence-corrected chi connectivity index (χ4v) is 6.44. The molecule has 0 radical (unpaired) electrons. The van der Waals surface area contributed by atoms with E-state index in [2.05, 4.69) is 15.6 Å². The number of nitrogens with zero attached hydrogens (tertiary/aromatic N) is 2. The van der Waals surface area contributed by atoms with Crippen LogP contribution in [0.1, 0.15) is 36.4 Å². The maximum atomic E-state index is 13.4. The minimum absolute atomic E-state index is 0.188. The number of thioether (sulfide) groups is 1. The third kappa shape index (κ3) is 3.98. The number of rotatable bonds is 5. The minimum atomic E-state index is -0.546. The van der Waals surface area contributed by atoms with Gasteiger partial charge in [0, 0.05) is 11.8 Å². The second-order valence-corrected chi connectivity index (χ2v) is 10.5. The molecule has 8 nitrogen and oxygen atoms in total. The molecule has 184 valence electrons. The van der Waals surface area contributed by atoms with Crippen molar-refractivity contribution < 1.29 is 19.4 Å². The van der Waals surface area contributed by atoms with E-state index in [9.17, 15) is 14.7 Å². The van der Waals surface area contributed by atoms with Crippen LogP contribution in [0, 0.1) is 6.92 Å². The van der Waals surface area contributed by atoms with Gasteiger partial charge in [0.1, 0.15) is 21.8 Å². The van der Waals surface area contributed by atoms with E-state index >= 15 is 0 Å². The van der Waals surface area contributed by atoms with Gasteiger partial charge in [0.15, 0.2) is 0 Å². The Bertz CT molecular complexity index is 1330. The summed E-state index contributed by atoms with van der Waals surface area (Å²) in [6.07, 6.45) is 3.49. The van der Waals surface area contributed by atoms with Crippen molar-refractivity contribution in [1.29, 1.82) is 0 Å². The molecule has 2 unspecified atom stereocenters. The lowest BCUT2D eigenvalue weighted by Gasteiger charge is -2.35. The number of aryl methyl sites for hydroxylation is 1. The van der Waals surface area contributed by atoms with Gasteiger partial charge in [-0.05, 0) is 68.1 Å². The number of hydrogen-bond acceptors (Lipinski definition) is 6. The highest BCUT2D eigenvalue weighted by Gasteiger charge is 2.47. The topological polar surface area (TPSA) is 104 Å². The van der Waals surface area contributed by atoms with Gasteiger partial charge < -0.3 is 20.5 Å². The predicted octanol–water partition coefficient (Wildman–Crippen LogP) is 4.59. The van der Waals surface area contributed by atoms with E-state index in [4.69, 9.17) is 4.74 Å². The number of hydrogen-bond donors (Lipinski definition) is 3. The molecule has 0 saturated heterocycles. The third-order valence-electron chi connectivity index (χ3n) is 6.96. The van der Waals surface area contributed by atoms with Gasteiger partial charge in [0.2, 0.25) is 5.91 Å². The number of amides is 3. The van der Waals surface area contributed by atoms with Crippen LogP contribution < -0.4 is 20.3 Å². The highest BCUT2D eigenvalue weighted by molar-refractivity contribution is 8.01. The normalized spacial score (nSPS) is 24.3. The summed E-state index contributed by atoms with van der Waals surface area (Å²) >= 11 is 1.36. The Morgan fingerprint density at radius 2 is 1.97 bits per heavy atom. The molecule has 1 aromatic heterocycles. The van der Waals surface area contributed by atoms with Crippen LogP contribution in [0.25, 0.3) is 0 Å². The van der Waals surface area contributed by atoms with Crippen LogP contribution >= 0.6 is 11.8 Å². The monoisotopic (exact) mass is 502 g/mol. The van der Waals surface area contributed by atoms with Gasteiger partial charge in [-0.1, -0.05) is 30.0 Å². The summed E-state index contributed by atoms with van der Waals surface area (Å²) in [4.78, 5) is 32.7. The molecule has 2 aliphatic heterocycles. The fraction of sp³-hybridized carbons (Fsp3) is 0.296. The van der Waals surface area contributed by atoms with Gasteiger partial charge in [-0.2, -0.15) is 0 Å². The maximum Gasteiger partial charge on any atom is 0.327 e. The molecule has 36 heavy (non-hydrogen) atoms. The van der Waals surface area contributed by atoms with E-state index in [1.165, 1.54) is 11.8 Å². The number of pyridine rings is 1. The van der Waals surface area contributed by atoms with Gasteiger partial charge >= 0.3 is 6.03 Å². The molecule has 1 aliphatic carbocycles. The molecule has 9 heteroatoms.